The average molecular weight is 369 g/mol. The van der Waals surface area contributed by atoms with Crippen molar-refractivity contribution in [2.24, 2.45) is 0 Å². The molecule has 8 heteroatoms. The Kier molecular flexibility index (Phi) is 6.95. The number of likely N-dealkylation sites (N-methyl/N-ethyl adjacent to an activating group) is 2. The molecule has 140 valence electrons. The van der Waals surface area contributed by atoms with Crippen molar-refractivity contribution in [1.29, 1.82) is 0 Å². The van der Waals surface area contributed by atoms with Crippen molar-refractivity contribution >= 4 is 16.1 Å². The highest BCUT2D eigenvalue weighted by atomic mass is 32.2. The van der Waals surface area contributed by atoms with Crippen molar-refractivity contribution in [1.82, 2.24) is 13.5 Å². The maximum atomic E-state index is 12.8. The number of hydrogen-bond donors (Lipinski definition) is 0. The molecule has 0 aliphatic carbocycles. The number of morpholine rings is 1. The number of amides is 1. The maximum Gasteiger partial charge on any atom is 0.282 e. The van der Waals surface area contributed by atoms with Gasteiger partial charge in [0.1, 0.15) is 0 Å². The standard InChI is InChI=1S/C17H27N3O4S/c1-4-19(5-2)17(21)14-18(3)25(22,23)20-11-12-24-16(13-20)15-9-7-6-8-10-15/h6-10,16H,4-5,11-14H2,1-3H3. The lowest BCUT2D eigenvalue weighted by atomic mass is 10.1. The molecular weight excluding hydrogens is 342 g/mol. The Hall–Kier alpha value is -1.48. The maximum absolute atomic E-state index is 12.8. The molecule has 1 aromatic carbocycles. The van der Waals surface area contributed by atoms with Gasteiger partial charge in [0.2, 0.25) is 5.91 Å². The van der Waals surface area contributed by atoms with Gasteiger partial charge in [0, 0.05) is 33.2 Å². The van der Waals surface area contributed by atoms with E-state index in [1.807, 2.05) is 44.2 Å². The van der Waals surface area contributed by atoms with Crippen LogP contribution in [0.2, 0.25) is 0 Å². The minimum atomic E-state index is -3.71. The summed E-state index contributed by atoms with van der Waals surface area (Å²) < 4.78 is 33.9. The fraction of sp³-hybridized carbons (Fsp3) is 0.588. The number of hydrogen-bond acceptors (Lipinski definition) is 4. The number of carbonyl (C=O) groups excluding carboxylic acids is 1. The Morgan fingerprint density at radius 3 is 2.48 bits per heavy atom. The molecule has 1 amide bonds. The highest BCUT2D eigenvalue weighted by molar-refractivity contribution is 7.86. The molecule has 0 N–H and O–H groups in total. The molecule has 7 nitrogen and oxygen atoms in total. The molecule has 0 saturated carbocycles. The van der Waals surface area contributed by atoms with Gasteiger partial charge >= 0.3 is 0 Å². The predicted molar refractivity (Wildman–Crippen MR) is 96.2 cm³/mol. The Bertz CT molecular complexity index is 662. The topological polar surface area (TPSA) is 70.2 Å². The van der Waals surface area contributed by atoms with Crippen LogP contribution in [0, 0.1) is 0 Å². The van der Waals surface area contributed by atoms with E-state index in [2.05, 4.69) is 0 Å². The average Bonchev–Trinajstić information content (AvgIpc) is 2.63. The highest BCUT2D eigenvalue weighted by Gasteiger charge is 2.34. The molecule has 0 bridgehead atoms. The molecular formula is C17H27N3O4S. The lowest BCUT2D eigenvalue weighted by molar-refractivity contribution is -0.130. The minimum Gasteiger partial charge on any atom is -0.371 e. The summed E-state index contributed by atoms with van der Waals surface area (Å²) in [6.07, 6.45) is -0.295. The Labute approximate surface area is 150 Å². The Morgan fingerprint density at radius 2 is 1.88 bits per heavy atom. The lowest BCUT2D eigenvalue weighted by Gasteiger charge is -2.35. The lowest BCUT2D eigenvalue weighted by Crippen LogP contribution is -2.50. The van der Waals surface area contributed by atoms with Crippen LogP contribution in [0.15, 0.2) is 30.3 Å². The molecule has 1 aromatic rings. The van der Waals surface area contributed by atoms with Gasteiger partial charge < -0.3 is 9.64 Å². The third-order valence-electron chi connectivity index (χ3n) is 4.39. The third kappa shape index (κ3) is 4.78. The molecule has 1 aliphatic rings. The fourth-order valence-electron chi connectivity index (χ4n) is 2.85. The van der Waals surface area contributed by atoms with Crippen LogP contribution in [0.1, 0.15) is 25.5 Å². The summed E-state index contributed by atoms with van der Waals surface area (Å²) in [5, 5.41) is 0. The zero-order chi connectivity index (χ0) is 18.4. The molecule has 0 aromatic heterocycles. The summed E-state index contributed by atoms with van der Waals surface area (Å²) >= 11 is 0. The summed E-state index contributed by atoms with van der Waals surface area (Å²) in [5.74, 6) is -0.191. The van der Waals surface area contributed by atoms with Crippen LogP contribution < -0.4 is 0 Å². The van der Waals surface area contributed by atoms with E-state index in [4.69, 9.17) is 4.74 Å². The normalized spacial score (nSPS) is 19.1. The van der Waals surface area contributed by atoms with Gasteiger partial charge in [-0.25, -0.2) is 0 Å². The van der Waals surface area contributed by atoms with Gasteiger partial charge in [-0.2, -0.15) is 17.0 Å². The van der Waals surface area contributed by atoms with Gasteiger partial charge in [-0.3, -0.25) is 4.79 Å². The van der Waals surface area contributed by atoms with Crippen molar-refractivity contribution in [2.75, 3.05) is 46.4 Å². The first-order valence-corrected chi connectivity index (χ1v) is 9.95. The van der Waals surface area contributed by atoms with Gasteiger partial charge in [0.25, 0.3) is 10.2 Å². The summed E-state index contributed by atoms with van der Waals surface area (Å²) in [6.45, 7) is 5.60. The first kappa shape index (κ1) is 19.8. The van der Waals surface area contributed by atoms with Crippen molar-refractivity contribution in [2.45, 2.75) is 20.0 Å². The molecule has 1 heterocycles. The smallest absolute Gasteiger partial charge is 0.282 e. The monoisotopic (exact) mass is 369 g/mol. The van der Waals surface area contributed by atoms with Crippen molar-refractivity contribution in [3.05, 3.63) is 35.9 Å². The number of benzene rings is 1. The molecule has 2 rings (SSSR count). The zero-order valence-corrected chi connectivity index (χ0v) is 15.9. The first-order chi connectivity index (χ1) is 11.9. The quantitative estimate of drug-likeness (QED) is 0.722. The van der Waals surface area contributed by atoms with E-state index in [0.717, 1.165) is 9.87 Å². The zero-order valence-electron chi connectivity index (χ0n) is 15.1. The number of ether oxygens (including phenoxy) is 1. The van der Waals surface area contributed by atoms with E-state index in [0.29, 0.717) is 19.7 Å². The molecule has 1 saturated heterocycles. The van der Waals surface area contributed by atoms with Crippen LogP contribution in [0.4, 0.5) is 0 Å². The highest BCUT2D eigenvalue weighted by Crippen LogP contribution is 2.24. The van der Waals surface area contributed by atoms with Crippen LogP contribution in [-0.4, -0.2) is 74.2 Å². The van der Waals surface area contributed by atoms with Gasteiger partial charge in [0.15, 0.2) is 0 Å². The van der Waals surface area contributed by atoms with E-state index in [1.54, 1.807) is 4.90 Å². The largest absolute Gasteiger partial charge is 0.371 e. The summed E-state index contributed by atoms with van der Waals surface area (Å²) in [7, 11) is -2.26. The predicted octanol–water partition coefficient (Wildman–Crippen LogP) is 1.10. The van der Waals surface area contributed by atoms with Gasteiger partial charge in [-0.05, 0) is 19.4 Å². The molecule has 0 spiro atoms. The Morgan fingerprint density at radius 1 is 1.24 bits per heavy atom. The van der Waals surface area contributed by atoms with Crippen LogP contribution in [-0.2, 0) is 19.7 Å². The van der Waals surface area contributed by atoms with E-state index in [-0.39, 0.29) is 31.6 Å². The van der Waals surface area contributed by atoms with Gasteiger partial charge in [0.05, 0.1) is 19.3 Å². The van der Waals surface area contributed by atoms with E-state index in [9.17, 15) is 13.2 Å². The van der Waals surface area contributed by atoms with Crippen molar-refractivity contribution in [3.8, 4) is 0 Å². The summed E-state index contributed by atoms with van der Waals surface area (Å²) in [5.41, 5.74) is 0.948. The molecule has 1 atom stereocenters. The first-order valence-electron chi connectivity index (χ1n) is 8.55. The van der Waals surface area contributed by atoms with Crippen LogP contribution >= 0.6 is 0 Å². The van der Waals surface area contributed by atoms with E-state index in [1.165, 1.54) is 11.4 Å². The summed E-state index contributed by atoms with van der Waals surface area (Å²) in [6, 6.07) is 9.57. The third-order valence-corrected chi connectivity index (χ3v) is 6.30. The number of rotatable bonds is 7. The molecule has 25 heavy (non-hydrogen) atoms. The van der Waals surface area contributed by atoms with Crippen LogP contribution in [0.3, 0.4) is 0 Å². The molecule has 0 radical (unpaired) electrons. The van der Waals surface area contributed by atoms with Gasteiger partial charge in [-0.1, -0.05) is 30.3 Å². The van der Waals surface area contributed by atoms with Crippen LogP contribution in [0.25, 0.3) is 0 Å². The van der Waals surface area contributed by atoms with Gasteiger partial charge in [-0.15, -0.1) is 0 Å². The fourth-order valence-corrected chi connectivity index (χ4v) is 4.15. The SMILES string of the molecule is CCN(CC)C(=O)CN(C)S(=O)(=O)N1CCOC(c2ccccc2)C1. The van der Waals surface area contributed by atoms with Crippen LogP contribution in [0.5, 0.6) is 0 Å². The molecule has 1 aliphatic heterocycles. The van der Waals surface area contributed by atoms with E-state index >= 15 is 0 Å². The minimum absolute atomic E-state index is 0.155. The second-order valence-electron chi connectivity index (χ2n) is 5.96. The van der Waals surface area contributed by atoms with Crippen molar-refractivity contribution in [3.63, 3.8) is 0 Å². The number of carbonyl (C=O) groups is 1. The van der Waals surface area contributed by atoms with Crippen molar-refractivity contribution < 1.29 is 17.9 Å². The summed E-state index contributed by atoms with van der Waals surface area (Å²) in [4.78, 5) is 13.8. The van der Waals surface area contributed by atoms with E-state index < -0.39 is 10.2 Å². The second-order valence-corrected chi connectivity index (χ2v) is 7.99. The second kappa shape index (κ2) is 8.75. The number of nitrogens with zero attached hydrogens (tertiary/aromatic N) is 3. The Balaban J connectivity index is 2.06. The molecule has 1 fully saturated rings. The molecule has 1 unspecified atom stereocenters.